The number of primary amides is 1. The van der Waals surface area contributed by atoms with Crippen LogP contribution in [0.1, 0.15) is 10.4 Å². The highest BCUT2D eigenvalue weighted by molar-refractivity contribution is 6.31. The highest BCUT2D eigenvalue weighted by atomic mass is 35.5. The van der Waals surface area contributed by atoms with Crippen molar-refractivity contribution in [3.8, 4) is 17.2 Å². The van der Waals surface area contributed by atoms with Crippen molar-refractivity contribution in [3.05, 3.63) is 53.1 Å². The standard InChI is InChI=1S/C16H16ClNO4/c1-20-12-3-5-13(6-4-12)21-8-9-22-15-7-2-11(17)10-14(15)16(18)19/h2-7,10H,8-9H2,1H3,(H2,18,19). The van der Waals surface area contributed by atoms with Gasteiger partial charge >= 0.3 is 0 Å². The molecule has 0 aliphatic heterocycles. The summed E-state index contributed by atoms with van der Waals surface area (Å²) in [6.45, 7) is 0.598. The molecule has 0 spiro atoms. The molecule has 2 N–H and O–H groups in total. The Bertz CT molecular complexity index is 643. The van der Waals surface area contributed by atoms with E-state index in [2.05, 4.69) is 0 Å². The summed E-state index contributed by atoms with van der Waals surface area (Å²) < 4.78 is 16.1. The zero-order valence-corrected chi connectivity index (χ0v) is 12.8. The maximum absolute atomic E-state index is 11.3. The van der Waals surface area contributed by atoms with E-state index in [0.29, 0.717) is 23.1 Å². The molecule has 0 saturated heterocycles. The van der Waals surface area contributed by atoms with Gasteiger partial charge in [0.05, 0.1) is 12.7 Å². The van der Waals surface area contributed by atoms with E-state index in [1.165, 1.54) is 6.07 Å². The van der Waals surface area contributed by atoms with E-state index in [4.69, 9.17) is 31.5 Å². The monoisotopic (exact) mass is 321 g/mol. The molecular weight excluding hydrogens is 306 g/mol. The number of hydrogen-bond acceptors (Lipinski definition) is 4. The van der Waals surface area contributed by atoms with Crippen molar-refractivity contribution in [2.24, 2.45) is 5.73 Å². The average Bonchev–Trinajstić information content (AvgIpc) is 2.53. The molecule has 0 saturated carbocycles. The van der Waals surface area contributed by atoms with Crippen LogP contribution < -0.4 is 19.9 Å². The van der Waals surface area contributed by atoms with E-state index in [1.54, 1.807) is 43.5 Å². The van der Waals surface area contributed by atoms with Crippen molar-refractivity contribution >= 4 is 17.5 Å². The van der Waals surface area contributed by atoms with Gasteiger partial charge in [-0.1, -0.05) is 11.6 Å². The predicted octanol–water partition coefficient (Wildman–Crippen LogP) is 2.91. The zero-order valence-electron chi connectivity index (χ0n) is 12.0. The molecule has 22 heavy (non-hydrogen) atoms. The molecule has 0 atom stereocenters. The first-order chi connectivity index (χ1) is 10.6. The highest BCUT2D eigenvalue weighted by Crippen LogP contribution is 2.22. The number of hydrogen-bond donors (Lipinski definition) is 1. The molecule has 6 heteroatoms. The van der Waals surface area contributed by atoms with Crippen molar-refractivity contribution < 1.29 is 19.0 Å². The van der Waals surface area contributed by atoms with Crippen LogP contribution in [0.4, 0.5) is 0 Å². The number of halogens is 1. The summed E-state index contributed by atoms with van der Waals surface area (Å²) in [6.07, 6.45) is 0. The van der Waals surface area contributed by atoms with E-state index < -0.39 is 5.91 Å². The van der Waals surface area contributed by atoms with E-state index in [9.17, 15) is 4.79 Å². The number of benzene rings is 2. The number of carbonyl (C=O) groups is 1. The Hall–Kier alpha value is -2.40. The maximum Gasteiger partial charge on any atom is 0.252 e. The SMILES string of the molecule is COc1ccc(OCCOc2ccc(Cl)cc2C(N)=O)cc1. The normalized spacial score (nSPS) is 10.1. The molecule has 0 aliphatic rings. The van der Waals surface area contributed by atoms with Gasteiger partial charge in [-0.15, -0.1) is 0 Å². The summed E-state index contributed by atoms with van der Waals surface area (Å²) in [4.78, 5) is 11.3. The lowest BCUT2D eigenvalue weighted by Gasteiger charge is -2.11. The van der Waals surface area contributed by atoms with Gasteiger partial charge in [-0.25, -0.2) is 0 Å². The first-order valence-electron chi connectivity index (χ1n) is 6.59. The second-order valence-electron chi connectivity index (χ2n) is 4.38. The van der Waals surface area contributed by atoms with Gasteiger partial charge in [0.2, 0.25) is 0 Å². The van der Waals surface area contributed by atoms with Crippen LogP contribution in [-0.4, -0.2) is 26.2 Å². The molecule has 0 aromatic heterocycles. The first-order valence-corrected chi connectivity index (χ1v) is 6.97. The molecule has 0 unspecified atom stereocenters. The van der Waals surface area contributed by atoms with Crippen LogP contribution >= 0.6 is 11.6 Å². The largest absolute Gasteiger partial charge is 0.497 e. The van der Waals surface area contributed by atoms with Gasteiger partial charge in [0.1, 0.15) is 30.5 Å². The van der Waals surface area contributed by atoms with E-state index in [0.717, 1.165) is 5.75 Å². The van der Waals surface area contributed by atoms with Crippen LogP contribution in [0.25, 0.3) is 0 Å². The summed E-state index contributed by atoms with van der Waals surface area (Å²) in [6, 6.07) is 11.9. The number of carbonyl (C=O) groups excluding carboxylic acids is 1. The maximum atomic E-state index is 11.3. The smallest absolute Gasteiger partial charge is 0.252 e. The Morgan fingerprint density at radius 3 is 2.32 bits per heavy atom. The Kier molecular flexibility index (Phi) is 5.49. The quantitative estimate of drug-likeness (QED) is 0.796. The average molecular weight is 322 g/mol. The third-order valence-electron chi connectivity index (χ3n) is 2.88. The number of amides is 1. The fourth-order valence-corrected chi connectivity index (χ4v) is 1.98. The molecule has 116 valence electrons. The molecule has 0 radical (unpaired) electrons. The van der Waals surface area contributed by atoms with Gasteiger partial charge in [0.15, 0.2) is 0 Å². The summed E-state index contributed by atoms with van der Waals surface area (Å²) in [5.74, 6) is 1.26. The molecule has 1 amide bonds. The van der Waals surface area contributed by atoms with Crippen molar-refractivity contribution in [3.63, 3.8) is 0 Å². The third-order valence-corrected chi connectivity index (χ3v) is 3.11. The van der Waals surface area contributed by atoms with Crippen LogP contribution in [0.2, 0.25) is 5.02 Å². The summed E-state index contributed by atoms with van der Waals surface area (Å²) in [5, 5.41) is 0.427. The second kappa shape index (κ2) is 7.56. The molecule has 0 bridgehead atoms. The summed E-state index contributed by atoms with van der Waals surface area (Å²) in [5.41, 5.74) is 5.53. The van der Waals surface area contributed by atoms with Crippen LogP contribution in [-0.2, 0) is 0 Å². The third kappa shape index (κ3) is 4.30. The van der Waals surface area contributed by atoms with Crippen LogP contribution in [0.15, 0.2) is 42.5 Å². The molecule has 0 fully saturated rings. The van der Waals surface area contributed by atoms with Crippen LogP contribution in [0.3, 0.4) is 0 Å². The molecule has 2 rings (SSSR count). The molecular formula is C16H16ClNO4. The number of nitrogens with two attached hydrogens (primary N) is 1. The Morgan fingerprint density at radius 2 is 1.68 bits per heavy atom. The van der Waals surface area contributed by atoms with Crippen LogP contribution in [0, 0.1) is 0 Å². The molecule has 0 aliphatic carbocycles. The fourth-order valence-electron chi connectivity index (χ4n) is 1.80. The topological polar surface area (TPSA) is 70.8 Å². The first kappa shape index (κ1) is 16.0. The Morgan fingerprint density at radius 1 is 1.05 bits per heavy atom. The predicted molar refractivity (Wildman–Crippen MR) is 84.0 cm³/mol. The van der Waals surface area contributed by atoms with Gasteiger partial charge in [-0.3, -0.25) is 4.79 Å². The minimum atomic E-state index is -0.589. The van der Waals surface area contributed by atoms with Crippen LogP contribution in [0.5, 0.6) is 17.2 Å². The number of rotatable bonds is 7. The molecule has 0 heterocycles. The second-order valence-corrected chi connectivity index (χ2v) is 4.81. The molecule has 2 aromatic carbocycles. The fraction of sp³-hybridized carbons (Fsp3) is 0.188. The van der Waals surface area contributed by atoms with Gasteiger partial charge in [0.25, 0.3) is 5.91 Å². The lowest BCUT2D eigenvalue weighted by atomic mass is 10.2. The van der Waals surface area contributed by atoms with Gasteiger partial charge in [-0.05, 0) is 42.5 Å². The number of methoxy groups -OCH3 is 1. The van der Waals surface area contributed by atoms with Gasteiger partial charge in [-0.2, -0.15) is 0 Å². The number of ether oxygens (including phenoxy) is 3. The molecule has 2 aromatic rings. The van der Waals surface area contributed by atoms with E-state index in [-0.39, 0.29) is 12.2 Å². The lowest BCUT2D eigenvalue weighted by molar-refractivity contribution is 0.0995. The van der Waals surface area contributed by atoms with Crippen molar-refractivity contribution in [2.45, 2.75) is 0 Å². The minimum absolute atomic E-state index is 0.247. The lowest BCUT2D eigenvalue weighted by Crippen LogP contribution is -2.15. The highest BCUT2D eigenvalue weighted by Gasteiger charge is 2.10. The van der Waals surface area contributed by atoms with Crippen molar-refractivity contribution in [1.29, 1.82) is 0 Å². The van der Waals surface area contributed by atoms with E-state index in [1.807, 2.05) is 0 Å². The minimum Gasteiger partial charge on any atom is -0.497 e. The molecule has 5 nitrogen and oxygen atoms in total. The Balaban J connectivity index is 1.87. The summed E-state index contributed by atoms with van der Waals surface area (Å²) >= 11 is 5.83. The van der Waals surface area contributed by atoms with E-state index >= 15 is 0 Å². The van der Waals surface area contributed by atoms with Crippen molar-refractivity contribution in [1.82, 2.24) is 0 Å². The van der Waals surface area contributed by atoms with Crippen molar-refractivity contribution in [2.75, 3.05) is 20.3 Å². The van der Waals surface area contributed by atoms with Gasteiger partial charge < -0.3 is 19.9 Å². The van der Waals surface area contributed by atoms with Gasteiger partial charge in [0, 0.05) is 5.02 Å². The zero-order chi connectivity index (χ0) is 15.9. The summed E-state index contributed by atoms with van der Waals surface area (Å²) in [7, 11) is 1.60. The Labute approximate surface area is 133 Å².